The highest BCUT2D eigenvalue weighted by Crippen LogP contribution is 2.44. The highest BCUT2D eigenvalue weighted by molar-refractivity contribution is 6.94. The Hall–Kier alpha value is -0.863. The summed E-state index contributed by atoms with van der Waals surface area (Å²) in [4.78, 5) is 0. The van der Waals surface area contributed by atoms with Crippen molar-refractivity contribution >= 4 is 13.3 Å². The molecule has 2 rings (SSSR count). The van der Waals surface area contributed by atoms with E-state index in [1.54, 1.807) is 0 Å². The van der Waals surface area contributed by atoms with Gasteiger partial charge in [0.1, 0.15) is 8.07 Å². The predicted octanol–water partition coefficient (Wildman–Crippen LogP) is 3.50. The zero-order chi connectivity index (χ0) is 14.1. The fourth-order valence-corrected chi connectivity index (χ4v) is 5.82. The molecule has 104 valence electrons. The molecule has 0 amide bonds. The van der Waals surface area contributed by atoms with E-state index in [-0.39, 0.29) is 0 Å². The van der Waals surface area contributed by atoms with Crippen LogP contribution in [0.4, 0.5) is 0 Å². The summed E-state index contributed by atoms with van der Waals surface area (Å²) < 4.78 is 0. The molecule has 1 atom stereocenters. The zero-order valence-electron chi connectivity index (χ0n) is 12.6. The lowest BCUT2D eigenvalue weighted by molar-refractivity contribution is 0.230. The van der Waals surface area contributed by atoms with Crippen LogP contribution >= 0.6 is 0 Å². The van der Waals surface area contributed by atoms with E-state index in [1.807, 2.05) is 0 Å². The van der Waals surface area contributed by atoms with Gasteiger partial charge in [-0.2, -0.15) is 0 Å². The van der Waals surface area contributed by atoms with Crippen molar-refractivity contribution in [3.05, 3.63) is 41.6 Å². The molecule has 0 bridgehead atoms. The maximum absolute atomic E-state index is 9.61. The van der Waals surface area contributed by atoms with Crippen molar-refractivity contribution in [1.82, 2.24) is 0 Å². The molecule has 1 aromatic carbocycles. The molecule has 0 aliphatic heterocycles. The maximum Gasteiger partial charge on any atom is 0.104 e. The largest absolute Gasteiger partial charge is 0.396 e. The number of hydrogen-bond donors (Lipinski definition) is 1. The van der Waals surface area contributed by atoms with Crippen LogP contribution in [0.1, 0.15) is 26.7 Å². The molecule has 19 heavy (non-hydrogen) atoms. The highest BCUT2D eigenvalue weighted by atomic mass is 28.3. The quantitative estimate of drug-likeness (QED) is 0.837. The maximum atomic E-state index is 9.61. The Balaban J connectivity index is 2.29. The van der Waals surface area contributed by atoms with Crippen LogP contribution < -0.4 is 5.19 Å². The average molecular weight is 274 g/mol. The van der Waals surface area contributed by atoms with Crippen LogP contribution in [0.25, 0.3) is 0 Å². The molecule has 0 radical (unpaired) electrons. The van der Waals surface area contributed by atoms with Gasteiger partial charge in [0.05, 0.1) is 0 Å². The third-order valence-corrected chi connectivity index (χ3v) is 7.20. The Morgan fingerprint density at radius 1 is 1.26 bits per heavy atom. The molecule has 2 heteroatoms. The summed E-state index contributed by atoms with van der Waals surface area (Å²) in [5, 5.41) is 11.1. The van der Waals surface area contributed by atoms with E-state index in [2.05, 4.69) is 63.0 Å². The third-order valence-electron chi connectivity index (χ3n) is 4.29. The molecule has 1 N–H and O–H groups in total. The normalized spacial score (nSPS) is 24.9. The first-order valence-electron chi connectivity index (χ1n) is 7.22. The molecular formula is C17H26OSi. The lowest BCUT2D eigenvalue weighted by Crippen LogP contribution is -2.40. The molecule has 1 nitrogen and oxygen atoms in total. The molecule has 0 saturated heterocycles. The summed E-state index contributed by atoms with van der Waals surface area (Å²) >= 11 is 0. The van der Waals surface area contributed by atoms with Crippen LogP contribution in [0.5, 0.6) is 0 Å². The van der Waals surface area contributed by atoms with E-state index in [9.17, 15) is 5.11 Å². The second-order valence-corrected chi connectivity index (χ2v) is 11.5. The second kappa shape index (κ2) is 5.26. The van der Waals surface area contributed by atoms with Gasteiger partial charge in [-0.1, -0.05) is 73.7 Å². The van der Waals surface area contributed by atoms with Gasteiger partial charge in [-0.05, 0) is 18.3 Å². The van der Waals surface area contributed by atoms with Crippen molar-refractivity contribution in [3.8, 4) is 0 Å². The summed E-state index contributed by atoms with van der Waals surface area (Å²) in [7, 11) is -1.54. The van der Waals surface area contributed by atoms with Crippen molar-refractivity contribution in [2.24, 2.45) is 11.3 Å². The predicted molar refractivity (Wildman–Crippen MR) is 85.2 cm³/mol. The fraction of sp³-hybridized carbons (Fsp3) is 0.529. The van der Waals surface area contributed by atoms with Gasteiger partial charge in [0.15, 0.2) is 0 Å². The SMILES string of the molecule is CC1(C)C/C(=C/[Si](C)(C)c2ccccc2)C(CO)C1. The Bertz CT molecular complexity index is 459. The van der Waals surface area contributed by atoms with Crippen LogP contribution in [0.3, 0.4) is 0 Å². The zero-order valence-corrected chi connectivity index (χ0v) is 13.6. The Morgan fingerprint density at radius 3 is 2.47 bits per heavy atom. The molecule has 1 aliphatic rings. The average Bonchev–Trinajstić information content (AvgIpc) is 2.64. The topological polar surface area (TPSA) is 20.2 Å². The van der Waals surface area contributed by atoms with Crippen LogP contribution in [-0.2, 0) is 0 Å². The van der Waals surface area contributed by atoms with Gasteiger partial charge >= 0.3 is 0 Å². The van der Waals surface area contributed by atoms with Gasteiger partial charge in [0, 0.05) is 12.5 Å². The molecule has 0 heterocycles. The Morgan fingerprint density at radius 2 is 1.89 bits per heavy atom. The summed E-state index contributed by atoms with van der Waals surface area (Å²) in [6.45, 7) is 9.72. The monoisotopic (exact) mass is 274 g/mol. The van der Waals surface area contributed by atoms with Crippen LogP contribution in [0.2, 0.25) is 13.1 Å². The van der Waals surface area contributed by atoms with E-state index >= 15 is 0 Å². The molecular weight excluding hydrogens is 248 g/mol. The lowest BCUT2D eigenvalue weighted by atomic mass is 9.91. The number of aliphatic hydroxyl groups excluding tert-OH is 1. The summed E-state index contributed by atoms with van der Waals surface area (Å²) in [6, 6.07) is 10.8. The standard InChI is InChI=1S/C17H26OSi/c1-17(2)10-14(12-18)15(11-17)13-19(3,4)16-8-6-5-7-9-16/h5-9,13-14,18H,10-12H2,1-4H3/b15-13-. The van der Waals surface area contributed by atoms with Crippen molar-refractivity contribution in [1.29, 1.82) is 0 Å². The van der Waals surface area contributed by atoms with Crippen molar-refractivity contribution in [2.45, 2.75) is 39.8 Å². The van der Waals surface area contributed by atoms with E-state index in [0.717, 1.165) is 12.8 Å². The highest BCUT2D eigenvalue weighted by Gasteiger charge is 2.36. The van der Waals surface area contributed by atoms with E-state index in [0.29, 0.717) is 17.9 Å². The first-order chi connectivity index (χ1) is 8.84. The van der Waals surface area contributed by atoms with Gasteiger partial charge in [-0.15, -0.1) is 0 Å². The smallest absolute Gasteiger partial charge is 0.104 e. The number of benzene rings is 1. The third kappa shape index (κ3) is 3.37. The van der Waals surface area contributed by atoms with Gasteiger partial charge in [0.2, 0.25) is 0 Å². The minimum Gasteiger partial charge on any atom is -0.396 e. The molecule has 1 unspecified atom stereocenters. The van der Waals surface area contributed by atoms with Gasteiger partial charge in [-0.3, -0.25) is 0 Å². The molecule has 1 aliphatic carbocycles. The van der Waals surface area contributed by atoms with E-state index < -0.39 is 8.07 Å². The number of rotatable bonds is 3. The minimum absolute atomic E-state index is 0.300. The lowest BCUT2D eigenvalue weighted by Gasteiger charge is -2.21. The van der Waals surface area contributed by atoms with Gasteiger partial charge < -0.3 is 5.11 Å². The van der Waals surface area contributed by atoms with Crippen molar-refractivity contribution in [3.63, 3.8) is 0 Å². The second-order valence-electron chi connectivity index (χ2n) is 7.23. The summed E-state index contributed by atoms with van der Waals surface area (Å²) in [5.41, 5.74) is 4.37. The Labute approximate surface area is 118 Å². The first-order valence-corrected chi connectivity index (χ1v) is 10.3. The van der Waals surface area contributed by atoms with Crippen LogP contribution in [-0.4, -0.2) is 19.8 Å². The van der Waals surface area contributed by atoms with Gasteiger partial charge in [-0.25, -0.2) is 0 Å². The van der Waals surface area contributed by atoms with Crippen molar-refractivity contribution < 1.29 is 5.11 Å². The number of hydrogen-bond acceptors (Lipinski definition) is 1. The molecule has 0 spiro atoms. The first kappa shape index (κ1) is 14.5. The van der Waals surface area contributed by atoms with Crippen molar-refractivity contribution in [2.75, 3.05) is 6.61 Å². The molecule has 1 aromatic rings. The number of aliphatic hydroxyl groups is 1. The van der Waals surface area contributed by atoms with Gasteiger partial charge in [0.25, 0.3) is 0 Å². The van der Waals surface area contributed by atoms with Crippen LogP contribution in [0.15, 0.2) is 41.6 Å². The van der Waals surface area contributed by atoms with Crippen LogP contribution in [0, 0.1) is 11.3 Å². The summed E-state index contributed by atoms with van der Waals surface area (Å²) in [6.07, 6.45) is 2.26. The molecule has 1 fully saturated rings. The molecule has 0 aromatic heterocycles. The molecule has 1 saturated carbocycles. The van der Waals surface area contributed by atoms with E-state index in [1.165, 1.54) is 10.8 Å². The van der Waals surface area contributed by atoms with E-state index in [4.69, 9.17) is 0 Å². The summed E-state index contributed by atoms with van der Waals surface area (Å²) in [5.74, 6) is 0.380. The fourth-order valence-electron chi connectivity index (χ4n) is 3.33. The Kier molecular flexibility index (Phi) is 4.02. The minimum atomic E-state index is -1.54.